The molecule has 0 spiro atoms. The number of unbranched alkanes of at least 4 members (excludes halogenated alkanes) is 1. The summed E-state index contributed by atoms with van der Waals surface area (Å²) in [5, 5.41) is 3.85. The first-order valence-electron chi connectivity index (χ1n) is 13.1. The molecule has 0 aliphatic heterocycles. The predicted octanol–water partition coefficient (Wildman–Crippen LogP) is 7.05. The third-order valence-corrected chi connectivity index (χ3v) is 7.07. The Hall–Kier alpha value is -3.02. The summed E-state index contributed by atoms with van der Waals surface area (Å²) < 4.78 is 6.03. The molecular weight excluding hydrogens is 519 g/mol. The van der Waals surface area contributed by atoms with Gasteiger partial charge in [-0.2, -0.15) is 0 Å². The number of halogens is 2. The Labute approximate surface area is 236 Å². The Kier molecular flexibility index (Phi) is 11.5. The van der Waals surface area contributed by atoms with E-state index in [0.29, 0.717) is 28.8 Å². The summed E-state index contributed by atoms with van der Waals surface area (Å²) in [4.78, 5) is 28.9. The van der Waals surface area contributed by atoms with Crippen LogP contribution in [0.3, 0.4) is 0 Å². The highest BCUT2D eigenvalue weighted by Crippen LogP contribution is 2.27. The number of hydrogen-bond acceptors (Lipinski definition) is 3. The third-order valence-electron chi connectivity index (χ3n) is 6.33. The quantitative estimate of drug-likeness (QED) is 0.230. The fourth-order valence-corrected chi connectivity index (χ4v) is 4.53. The predicted molar refractivity (Wildman–Crippen MR) is 155 cm³/mol. The number of carbonyl (C=O) groups excluding carboxylic acids is 2. The molecule has 3 aromatic carbocycles. The molecule has 2 amide bonds. The molecule has 3 rings (SSSR count). The number of benzene rings is 3. The van der Waals surface area contributed by atoms with Gasteiger partial charge in [0.2, 0.25) is 5.91 Å². The van der Waals surface area contributed by atoms with E-state index < -0.39 is 6.04 Å². The van der Waals surface area contributed by atoms with Crippen LogP contribution in [0.1, 0.15) is 56.2 Å². The van der Waals surface area contributed by atoms with Crippen LogP contribution >= 0.6 is 23.2 Å². The highest BCUT2D eigenvalue weighted by atomic mass is 35.5. The lowest BCUT2D eigenvalue weighted by molar-refractivity contribution is -0.142. The molecule has 38 heavy (non-hydrogen) atoms. The van der Waals surface area contributed by atoms with Crippen LogP contribution < -0.4 is 10.1 Å². The van der Waals surface area contributed by atoms with Crippen molar-refractivity contribution in [3.8, 4) is 5.75 Å². The maximum absolute atomic E-state index is 13.8. The summed E-state index contributed by atoms with van der Waals surface area (Å²) in [6.07, 6.45) is 2.19. The number of rotatable bonds is 13. The van der Waals surface area contributed by atoms with Crippen LogP contribution in [0.25, 0.3) is 0 Å². The number of nitrogens with one attached hydrogen (secondary N) is 1. The van der Waals surface area contributed by atoms with Gasteiger partial charge in [0.25, 0.3) is 5.91 Å². The molecule has 0 radical (unpaired) electrons. The minimum Gasteiger partial charge on any atom is -0.483 e. The number of carbonyl (C=O) groups is 2. The Bertz CT molecular complexity index is 1200. The molecule has 0 fully saturated rings. The van der Waals surface area contributed by atoms with Crippen LogP contribution in [0.2, 0.25) is 10.0 Å². The topological polar surface area (TPSA) is 58.6 Å². The smallest absolute Gasteiger partial charge is 0.261 e. The zero-order valence-electron chi connectivity index (χ0n) is 22.3. The van der Waals surface area contributed by atoms with Crippen molar-refractivity contribution >= 4 is 35.0 Å². The van der Waals surface area contributed by atoms with Gasteiger partial charge in [0.15, 0.2) is 6.61 Å². The van der Waals surface area contributed by atoms with Gasteiger partial charge in [0.05, 0.1) is 10.0 Å². The van der Waals surface area contributed by atoms with E-state index in [1.165, 1.54) is 0 Å². The summed E-state index contributed by atoms with van der Waals surface area (Å²) in [6, 6.07) is 21.9. The molecule has 1 N–H and O–H groups in total. The van der Waals surface area contributed by atoms with Crippen molar-refractivity contribution in [3.05, 3.63) is 99.5 Å². The van der Waals surface area contributed by atoms with Gasteiger partial charge in [0.1, 0.15) is 11.8 Å². The van der Waals surface area contributed by atoms with Crippen molar-refractivity contribution in [1.29, 1.82) is 0 Å². The molecular formula is C31H36Cl2N2O3. The first-order chi connectivity index (χ1) is 18.3. The molecule has 5 nitrogen and oxygen atoms in total. The number of hydrogen-bond donors (Lipinski definition) is 1. The molecule has 0 saturated carbocycles. The molecule has 7 heteroatoms. The average molecular weight is 556 g/mol. The van der Waals surface area contributed by atoms with E-state index in [4.69, 9.17) is 27.9 Å². The third kappa shape index (κ3) is 8.50. The van der Waals surface area contributed by atoms with Crippen molar-refractivity contribution < 1.29 is 14.3 Å². The molecule has 202 valence electrons. The van der Waals surface area contributed by atoms with Gasteiger partial charge in [-0.1, -0.05) is 105 Å². The zero-order chi connectivity index (χ0) is 27.5. The lowest BCUT2D eigenvalue weighted by atomic mass is 10.0. The Balaban J connectivity index is 1.93. The van der Waals surface area contributed by atoms with Crippen LogP contribution in [-0.2, 0) is 22.6 Å². The second kappa shape index (κ2) is 14.8. The molecule has 0 saturated heterocycles. The number of ether oxygens (including phenoxy) is 1. The molecule has 0 bridgehead atoms. The van der Waals surface area contributed by atoms with E-state index in [1.807, 2.05) is 60.7 Å². The van der Waals surface area contributed by atoms with E-state index in [-0.39, 0.29) is 30.9 Å². The molecule has 0 aliphatic rings. The summed E-state index contributed by atoms with van der Waals surface area (Å²) in [5.41, 5.74) is 2.75. The van der Waals surface area contributed by atoms with Gasteiger partial charge >= 0.3 is 0 Å². The number of nitrogens with zero attached hydrogens (tertiary/aromatic N) is 1. The molecule has 1 atom stereocenters. The fourth-order valence-electron chi connectivity index (χ4n) is 4.21. The van der Waals surface area contributed by atoms with Crippen LogP contribution in [0.15, 0.2) is 72.8 Å². The van der Waals surface area contributed by atoms with Crippen molar-refractivity contribution in [2.75, 3.05) is 13.2 Å². The summed E-state index contributed by atoms with van der Waals surface area (Å²) in [7, 11) is 0. The van der Waals surface area contributed by atoms with E-state index in [1.54, 1.807) is 17.0 Å². The first-order valence-corrected chi connectivity index (χ1v) is 13.8. The van der Waals surface area contributed by atoms with Crippen molar-refractivity contribution in [1.82, 2.24) is 10.2 Å². The highest BCUT2D eigenvalue weighted by Gasteiger charge is 2.31. The zero-order valence-corrected chi connectivity index (χ0v) is 23.8. The van der Waals surface area contributed by atoms with Crippen LogP contribution in [-0.4, -0.2) is 35.9 Å². The highest BCUT2D eigenvalue weighted by molar-refractivity contribution is 6.42. The fraction of sp³-hybridized carbons (Fsp3) is 0.355. The average Bonchev–Trinajstić information content (AvgIpc) is 2.92. The standard InChI is InChI=1S/C31H36Cl2N2O3/c1-4-5-17-34-31(37)28(19-23-11-7-6-8-12-23)35(20-24-15-16-26(32)27(33)18-24)30(36)21-38-29-14-10-9-13-25(29)22(2)3/h6-16,18,22,28H,4-5,17,19-21H2,1-3H3,(H,34,37)/t28-/m0/s1. The maximum Gasteiger partial charge on any atom is 0.261 e. The second-order valence-corrected chi connectivity index (χ2v) is 10.4. The lowest BCUT2D eigenvalue weighted by Crippen LogP contribution is -2.51. The van der Waals surface area contributed by atoms with Crippen LogP contribution in [0.4, 0.5) is 0 Å². The Morgan fingerprint density at radius 3 is 2.32 bits per heavy atom. The summed E-state index contributed by atoms with van der Waals surface area (Å²) in [5.74, 6) is 0.417. The van der Waals surface area contributed by atoms with Gasteiger partial charge in [-0.3, -0.25) is 9.59 Å². The van der Waals surface area contributed by atoms with Gasteiger partial charge in [-0.15, -0.1) is 0 Å². The summed E-state index contributed by atoms with van der Waals surface area (Å²) in [6.45, 7) is 6.77. The van der Waals surface area contributed by atoms with E-state index >= 15 is 0 Å². The number of amides is 2. The van der Waals surface area contributed by atoms with Gasteiger partial charge in [0, 0.05) is 19.5 Å². The lowest BCUT2D eigenvalue weighted by Gasteiger charge is -2.31. The first kappa shape index (κ1) is 29.5. The van der Waals surface area contributed by atoms with Crippen LogP contribution in [0.5, 0.6) is 5.75 Å². The Morgan fingerprint density at radius 2 is 1.63 bits per heavy atom. The Morgan fingerprint density at radius 1 is 0.921 bits per heavy atom. The van der Waals surface area contributed by atoms with Crippen molar-refractivity contribution in [2.24, 2.45) is 0 Å². The van der Waals surface area contributed by atoms with Crippen molar-refractivity contribution in [2.45, 2.75) is 58.5 Å². The minimum absolute atomic E-state index is 0.184. The molecule has 0 aliphatic carbocycles. The largest absolute Gasteiger partial charge is 0.483 e. The monoisotopic (exact) mass is 554 g/mol. The maximum atomic E-state index is 13.8. The molecule has 0 aromatic heterocycles. The van der Waals surface area contributed by atoms with Gasteiger partial charge in [-0.25, -0.2) is 0 Å². The molecule has 0 heterocycles. The van der Waals surface area contributed by atoms with Crippen LogP contribution in [0, 0.1) is 0 Å². The van der Waals surface area contributed by atoms with E-state index in [0.717, 1.165) is 29.5 Å². The van der Waals surface area contributed by atoms with E-state index in [9.17, 15) is 9.59 Å². The van der Waals surface area contributed by atoms with Gasteiger partial charge < -0.3 is 15.0 Å². The SMILES string of the molecule is CCCCNC(=O)[C@H](Cc1ccccc1)N(Cc1ccc(Cl)c(Cl)c1)C(=O)COc1ccccc1C(C)C. The van der Waals surface area contributed by atoms with Crippen molar-refractivity contribution in [3.63, 3.8) is 0 Å². The normalized spacial score (nSPS) is 11.7. The molecule has 0 unspecified atom stereocenters. The van der Waals surface area contributed by atoms with E-state index in [2.05, 4.69) is 26.1 Å². The second-order valence-electron chi connectivity index (χ2n) is 9.60. The van der Waals surface area contributed by atoms with Gasteiger partial charge in [-0.05, 0) is 47.2 Å². The number of para-hydroxylation sites is 1. The minimum atomic E-state index is -0.736. The molecule has 3 aromatic rings. The summed E-state index contributed by atoms with van der Waals surface area (Å²) >= 11 is 12.4.